The Morgan fingerprint density at radius 1 is 0.925 bits per heavy atom. The van der Waals surface area contributed by atoms with Crippen molar-refractivity contribution >= 4 is 57.5 Å². The van der Waals surface area contributed by atoms with Gasteiger partial charge in [-0.15, -0.1) is 13.2 Å². The molecule has 0 radical (unpaired) electrons. The van der Waals surface area contributed by atoms with Crippen molar-refractivity contribution in [3.63, 3.8) is 0 Å². The highest BCUT2D eigenvalue weighted by Gasteiger charge is 2.31. The van der Waals surface area contributed by atoms with E-state index in [0.29, 0.717) is 28.6 Å². The predicted molar refractivity (Wildman–Crippen MR) is 145 cm³/mol. The monoisotopic (exact) mass is 572 g/mol. The van der Waals surface area contributed by atoms with E-state index in [1.165, 1.54) is 12.1 Å². The average Bonchev–Trinajstić information content (AvgIpc) is 2.89. The van der Waals surface area contributed by atoms with Gasteiger partial charge >= 0.3 is 12.4 Å². The molecule has 1 heterocycles. The first kappa shape index (κ1) is 28.1. The van der Waals surface area contributed by atoms with E-state index >= 15 is 0 Å². The first-order valence-electron chi connectivity index (χ1n) is 11.4. The van der Waals surface area contributed by atoms with Crippen molar-refractivity contribution in [3.8, 4) is 5.75 Å². The molecule has 2 amide bonds. The van der Waals surface area contributed by atoms with E-state index in [0.717, 1.165) is 12.1 Å². The molecule has 4 N–H and O–H groups in total. The summed E-state index contributed by atoms with van der Waals surface area (Å²) in [5.74, 6) is 0.389. The van der Waals surface area contributed by atoms with Crippen LogP contribution in [0, 0.1) is 0 Å². The largest absolute Gasteiger partial charge is 0.755 e. The number of nitrogens with one attached hydrogen (secondary N) is 4. The number of aromatic nitrogens is 2. The van der Waals surface area contributed by atoms with Crippen LogP contribution in [0.3, 0.4) is 0 Å². The lowest BCUT2D eigenvalue weighted by molar-refractivity contribution is -0.274. The average molecular weight is 573 g/mol. The van der Waals surface area contributed by atoms with E-state index in [4.69, 9.17) is 0 Å². The fourth-order valence-electron chi connectivity index (χ4n) is 3.44. The maximum absolute atomic E-state index is 12.4. The van der Waals surface area contributed by atoms with Crippen LogP contribution in [-0.4, -0.2) is 38.2 Å². The fourth-order valence-corrected chi connectivity index (χ4v) is 3.76. The maximum Gasteiger partial charge on any atom is 0.573 e. The SMILES string of the molecule is CN(c1cccc(NC(=O)Nc2ccc(OC(F)(F)F)cc2)c1)c1ccnc(Nc2cccc(NS(=O)[O-])c2)n1. The van der Waals surface area contributed by atoms with Crippen molar-refractivity contribution in [1.29, 1.82) is 0 Å². The second kappa shape index (κ2) is 12.3. The molecule has 0 aliphatic heterocycles. The summed E-state index contributed by atoms with van der Waals surface area (Å²) in [6.45, 7) is 0. The number of hydrogen-bond acceptors (Lipinski definition) is 8. The predicted octanol–water partition coefficient (Wildman–Crippen LogP) is 5.74. The number of ether oxygens (including phenoxy) is 1. The van der Waals surface area contributed by atoms with Crippen LogP contribution in [0.2, 0.25) is 0 Å². The summed E-state index contributed by atoms with van der Waals surface area (Å²) in [5, 5.41) is 8.23. The molecule has 0 spiro atoms. The molecule has 3 aromatic carbocycles. The number of alkyl halides is 3. The summed E-state index contributed by atoms with van der Waals surface area (Å²) in [6.07, 6.45) is -3.25. The summed E-state index contributed by atoms with van der Waals surface area (Å²) >= 11 is -2.46. The zero-order valence-electron chi connectivity index (χ0n) is 20.6. The molecular formula is C25H21F3N7O4S-. The molecule has 1 unspecified atom stereocenters. The molecular weight excluding hydrogens is 551 g/mol. The number of carbonyl (C=O) groups excluding carboxylic acids is 1. The molecule has 0 aliphatic rings. The van der Waals surface area contributed by atoms with Gasteiger partial charge in [0.2, 0.25) is 5.95 Å². The molecule has 1 atom stereocenters. The summed E-state index contributed by atoms with van der Waals surface area (Å²) in [4.78, 5) is 22.9. The molecule has 11 nitrogen and oxygen atoms in total. The van der Waals surface area contributed by atoms with Gasteiger partial charge in [-0.25, -0.2) is 9.78 Å². The molecule has 4 rings (SSSR count). The van der Waals surface area contributed by atoms with E-state index in [1.54, 1.807) is 72.7 Å². The number of nitrogens with zero attached hydrogens (tertiary/aromatic N) is 3. The summed E-state index contributed by atoms with van der Waals surface area (Å²) in [5.41, 5.74) is 2.33. The number of rotatable bonds is 9. The minimum absolute atomic E-state index is 0.268. The van der Waals surface area contributed by atoms with E-state index in [2.05, 4.69) is 35.4 Å². The number of halogens is 3. The van der Waals surface area contributed by atoms with Crippen LogP contribution in [0.15, 0.2) is 85.1 Å². The third-order valence-electron chi connectivity index (χ3n) is 5.14. The van der Waals surface area contributed by atoms with Crippen LogP contribution in [0.4, 0.5) is 58.2 Å². The Labute approximate surface area is 228 Å². The van der Waals surface area contributed by atoms with E-state index < -0.39 is 29.4 Å². The topological polar surface area (TPSA) is 144 Å². The summed E-state index contributed by atoms with van der Waals surface area (Å²) in [7, 11) is 1.77. The van der Waals surface area contributed by atoms with E-state index in [9.17, 15) is 26.7 Å². The van der Waals surface area contributed by atoms with Crippen LogP contribution in [0.5, 0.6) is 5.75 Å². The van der Waals surface area contributed by atoms with Gasteiger partial charge < -0.3 is 34.9 Å². The van der Waals surface area contributed by atoms with Gasteiger partial charge in [0.25, 0.3) is 0 Å². The second-order valence-corrected chi connectivity index (χ2v) is 8.72. The third-order valence-corrected chi connectivity index (χ3v) is 5.54. The van der Waals surface area contributed by atoms with Crippen LogP contribution >= 0.6 is 0 Å². The Morgan fingerprint density at radius 2 is 1.60 bits per heavy atom. The van der Waals surface area contributed by atoms with Gasteiger partial charge in [-0.1, -0.05) is 12.1 Å². The van der Waals surface area contributed by atoms with Gasteiger partial charge in [0, 0.05) is 52.9 Å². The second-order valence-electron chi connectivity index (χ2n) is 8.04. The van der Waals surface area contributed by atoms with Crippen molar-refractivity contribution in [2.45, 2.75) is 6.36 Å². The Balaban J connectivity index is 1.40. The van der Waals surface area contributed by atoms with Crippen molar-refractivity contribution < 1.29 is 31.5 Å². The van der Waals surface area contributed by atoms with Gasteiger partial charge in [-0.3, -0.25) is 4.21 Å². The highest BCUT2D eigenvalue weighted by Crippen LogP contribution is 2.27. The number of carbonyl (C=O) groups is 1. The molecule has 0 saturated carbocycles. The van der Waals surface area contributed by atoms with Gasteiger partial charge in [0.15, 0.2) is 0 Å². The van der Waals surface area contributed by atoms with Crippen molar-refractivity contribution in [3.05, 3.63) is 85.1 Å². The van der Waals surface area contributed by atoms with Crippen molar-refractivity contribution in [1.82, 2.24) is 9.97 Å². The normalized spacial score (nSPS) is 11.7. The third kappa shape index (κ3) is 8.31. The standard InChI is InChI=1S/C25H22F3N7O4S/c1-35(22-12-13-29-23(33-22)30-17-4-2-6-19(14-17)34-40(37)38)20-7-3-5-18(15-20)32-24(36)31-16-8-10-21(11-9-16)39-25(26,27)28/h2-15,34H,1H3,(H,37,38)(H,29,30,33)(H2,31,32,36)/p-1. The molecule has 0 aliphatic carbocycles. The first-order valence-corrected chi connectivity index (χ1v) is 12.5. The lowest BCUT2D eigenvalue weighted by Crippen LogP contribution is -2.20. The first-order chi connectivity index (χ1) is 19.0. The Morgan fingerprint density at radius 3 is 2.33 bits per heavy atom. The van der Waals surface area contributed by atoms with Gasteiger partial charge in [0.05, 0.1) is 0 Å². The summed E-state index contributed by atoms with van der Waals surface area (Å²) in [6, 6.07) is 19.3. The van der Waals surface area contributed by atoms with Crippen LogP contribution < -0.4 is 30.3 Å². The highest BCUT2D eigenvalue weighted by molar-refractivity contribution is 7.80. The highest BCUT2D eigenvalue weighted by atomic mass is 32.2. The van der Waals surface area contributed by atoms with Gasteiger partial charge in [-0.2, -0.15) is 4.98 Å². The maximum atomic E-state index is 12.4. The van der Waals surface area contributed by atoms with E-state index in [-0.39, 0.29) is 11.6 Å². The Hall–Kier alpha value is -4.89. The van der Waals surface area contributed by atoms with E-state index in [1.807, 2.05) is 0 Å². The number of amides is 2. The van der Waals surface area contributed by atoms with Crippen molar-refractivity contribution in [2.75, 3.05) is 32.6 Å². The molecule has 208 valence electrons. The zero-order valence-corrected chi connectivity index (χ0v) is 21.4. The molecule has 4 aromatic rings. The van der Waals surface area contributed by atoms with Gasteiger partial charge in [-0.05, 0) is 66.7 Å². The smallest absolute Gasteiger partial charge is 0.573 e. The minimum Gasteiger partial charge on any atom is -0.755 e. The summed E-state index contributed by atoms with van der Waals surface area (Å²) < 4.78 is 64.8. The van der Waals surface area contributed by atoms with Crippen molar-refractivity contribution in [2.24, 2.45) is 0 Å². The van der Waals surface area contributed by atoms with Crippen LogP contribution in [0.25, 0.3) is 0 Å². The quantitative estimate of drug-likeness (QED) is 0.186. The molecule has 0 saturated heterocycles. The van der Waals surface area contributed by atoms with Crippen LogP contribution in [0.1, 0.15) is 0 Å². The molecule has 0 fully saturated rings. The minimum atomic E-state index is -4.81. The Bertz CT molecular complexity index is 1510. The number of hydrogen-bond donors (Lipinski definition) is 4. The molecule has 15 heteroatoms. The lowest BCUT2D eigenvalue weighted by atomic mass is 10.2. The molecule has 40 heavy (non-hydrogen) atoms. The van der Waals surface area contributed by atoms with Gasteiger partial charge in [0.1, 0.15) is 11.6 Å². The number of anilines is 7. The molecule has 0 bridgehead atoms. The number of benzene rings is 3. The lowest BCUT2D eigenvalue weighted by Gasteiger charge is -2.20. The fraction of sp³-hybridized carbons (Fsp3) is 0.0800. The number of urea groups is 1. The van der Waals surface area contributed by atoms with Crippen LogP contribution in [-0.2, 0) is 11.3 Å². The molecule has 1 aromatic heterocycles. The Kier molecular flexibility index (Phi) is 8.66. The zero-order chi connectivity index (χ0) is 28.7.